The molecule has 0 aliphatic heterocycles. The van der Waals surface area contributed by atoms with Crippen LogP contribution in [-0.4, -0.2) is 7.11 Å². The van der Waals surface area contributed by atoms with Gasteiger partial charge in [-0.2, -0.15) is 0 Å². The molecular weight excluding hydrogens is 220 g/mol. The number of para-hydroxylation sites is 1. The molecule has 2 aromatic carbocycles. The van der Waals surface area contributed by atoms with Gasteiger partial charge in [0.15, 0.2) is 0 Å². The van der Waals surface area contributed by atoms with Crippen LogP contribution >= 0.6 is 0 Å². The topological polar surface area (TPSA) is 9.23 Å². The number of rotatable bonds is 4. The van der Waals surface area contributed by atoms with E-state index in [0.29, 0.717) is 0 Å². The first kappa shape index (κ1) is 12.4. The summed E-state index contributed by atoms with van der Waals surface area (Å²) in [5, 5.41) is 0. The van der Waals surface area contributed by atoms with Crippen molar-refractivity contribution >= 4 is 6.08 Å². The monoisotopic (exact) mass is 238 g/mol. The fourth-order valence-electron chi connectivity index (χ4n) is 2.12. The Labute approximate surface area is 109 Å². The van der Waals surface area contributed by atoms with Gasteiger partial charge >= 0.3 is 0 Å². The standard InChI is InChI=1S/C17H18O/c1-3-8-15-11-7-12-16(17(15)18-2)13-14-9-5-4-6-10-14/h3-12H,13H2,1-2H3/b8-3-. The molecule has 1 heteroatoms. The van der Waals surface area contributed by atoms with E-state index in [1.165, 1.54) is 11.1 Å². The maximum absolute atomic E-state index is 5.55. The first-order chi connectivity index (χ1) is 8.85. The van der Waals surface area contributed by atoms with Crippen molar-refractivity contribution in [2.24, 2.45) is 0 Å². The molecule has 0 fully saturated rings. The second-order valence-electron chi connectivity index (χ2n) is 4.20. The van der Waals surface area contributed by atoms with Crippen LogP contribution in [0.3, 0.4) is 0 Å². The van der Waals surface area contributed by atoms with Gasteiger partial charge in [0, 0.05) is 12.0 Å². The summed E-state index contributed by atoms with van der Waals surface area (Å²) >= 11 is 0. The van der Waals surface area contributed by atoms with Gasteiger partial charge < -0.3 is 4.74 Å². The highest BCUT2D eigenvalue weighted by Crippen LogP contribution is 2.27. The highest BCUT2D eigenvalue weighted by Gasteiger charge is 2.07. The Morgan fingerprint density at radius 2 is 1.78 bits per heavy atom. The third-order valence-corrected chi connectivity index (χ3v) is 2.91. The van der Waals surface area contributed by atoms with E-state index in [9.17, 15) is 0 Å². The minimum Gasteiger partial charge on any atom is -0.496 e. The van der Waals surface area contributed by atoms with Crippen LogP contribution in [0.15, 0.2) is 54.6 Å². The van der Waals surface area contributed by atoms with Crippen molar-refractivity contribution in [3.8, 4) is 5.75 Å². The third kappa shape index (κ3) is 2.80. The van der Waals surface area contributed by atoms with Crippen LogP contribution in [0, 0.1) is 0 Å². The minimum atomic E-state index is 0.898. The average Bonchev–Trinajstić information content (AvgIpc) is 2.41. The molecule has 0 N–H and O–H groups in total. The summed E-state index contributed by atoms with van der Waals surface area (Å²) in [5.41, 5.74) is 3.65. The van der Waals surface area contributed by atoms with E-state index < -0.39 is 0 Å². The van der Waals surface area contributed by atoms with Crippen LogP contribution in [0.5, 0.6) is 5.75 Å². The molecule has 0 aromatic heterocycles. The predicted molar refractivity (Wildman–Crippen MR) is 77.0 cm³/mol. The Hall–Kier alpha value is -2.02. The lowest BCUT2D eigenvalue weighted by molar-refractivity contribution is 0.409. The zero-order chi connectivity index (χ0) is 12.8. The zero-order valence-corrected chi connectivity index (χ0v) is 10.9. The van der Waals surface area contributed by atoms with Gasteiger partial charge in [0.2, 0.25) is 0 Å². The van der Waals surface area contributed by atoms with Crippen LogP contribution in [0.25, 0.3) is 6.08 Å². The van der Waals surface area contributed by atoms with Crippen molar-refractivity contribution in [2.45, 2.75) is 13.3 Å². The van der Waals surface area contributed by atoms with Gasteiger partial charge in [0.1, 0.15) is 5.75 Å². The molecule has 0 amide bonds. The summed E-state index contributed by atoms with van der Waals surface area (Å²) in [6.45, 7) is 2.02. The molecule has 18 heavy (non-hydrogen) atoms. The fraction of sp³-hybridized carbons (Fsp3) is 0.176. The molecule has 0 atom stereocenters. The number of benzene rings is 2. The largest absolute Gasteiger partial charge is 0.496 e. The lowest BCUT2D eigenvalue weighted by atomic mass is 10.0. The van der Waals surface area contributed by atoms with Crippen LogP contribution in [-0.2, 0) is 6.42 Å². The van der Waals surface area contributed by atoms with Crippen LogP contribution in [0.4, 0.5) is 0 Å². The molecule has 1 nitrogen and oxygen atoms in total. The summed E-state index contributed by atoms with van der Waals surface area (Å²) < 4.78 is 5.55. The van der Waals surface area contributed by atoms with Gasteiger partial charge in [-0.05, 0) is 18.1 Å². The normalized spacial score (nSPS) is 10.8. The Morgan fingerprint density at radius 3 is 2.44 bits per heavy atom. The fourth-order valence-corrected chi connectivity index (χ4v) is 2.12. The molecule has 0 unspecified atom stereocenters. The van der Waals surface area contributed by atoms with E-state index in [4.69, 9.17) is 4.74 Å². The molecule has 92 valence electrons. The Bertz CT molecular complexity index is 527. The second-order valence-corrected chi connectivity index (χ2v) is 4.20. The second kappa shape index (κ2) is 6.06. The SMILES string of the molecule is C/C=C\c1cccc(Cc2ccccc2)c1OC. The molecule has 0 saturated carbocycles. The van der Waals surface area contributed by atoms with Crippen molar-refractivity contribution in [3.63, 3.8) is 0 Å². The molecule has 2 aromatic rings. The number of hydrogen-bond donors (Lipinski definition) is 0. The Balaban J connectivity index is 2.36. The number of hydrogen-bond acceptors (Lipinski definition) is 1. The van der Waals surface area contributed by atoms with Crippen molar-refractivity contribution in [3.05, 3.63) is 71.3 Å². The lowest BCUT2D eigenvalue weighted by Crippen LogP contribution is -1.96. The van der Waals surface area contributed by atoms with Crippen molar-refractivity contribution < 1.29 is 4.74 Å². The van der Waals surface area contributed by atoms with E-state index in [2.05, 4.69) is 48.5 Å². The number of methoxy groups -OCH3 is 1. The van der Waals surface area contributed by atoms with Gasteiger partial charge in [-0.1, -0.05) is 60.7 Å². The lowest BCUT2D eigenvalue weighted by Gasteiger charge is -2.11. The highest BCUT2D eigenvalue weighted by atomic mass is 16.5. The molecule has 0 saturated heterocycles. The summed E-state index contributed by atoms with van der Waals surface area (Å²) in [6, 6.07) is 16.7. The maximum atomic E-state index is 5.55. The van der Waals surface area contributed by atoms with Gasteiger partial charge in [-0.3, -0.25) is 0 Å². The van der Waals surface area contributed by atoms with Crippen LogP contribution in [0.1, 0.15) is 23.6 Å². The van der Waals surface area contributed by atoms with Crippen molar-refractivity contribution in [2.75, 3.05) is 7.11 Å². The predicted octanol–water partition coefficient (Wildman–Crippen LogP) is 4.32. The van der Waals surface area contributed by atoms with Crippen molar-refractivity contribution in [1.29, 1.82) is 0 Å². The molecular formula is C17H18O. The molecule has 0 aliphatic rings. The van der Waals surface area contributed by atoms with Gasteiger partial charge in [-0.25, -0.2) is 0 Å². The molecule has 0 spiro atoms. The zero-order valence-electron chi connectivity index (χ0n) is 10.9. The first-order valence-electron chi connectivity index (χ1n) is 6.17. The van der Waals surface area contributed by atoms with E-state index in [1.807, 2.05) is 19.1 Å². The summed E-state index contributed by atoms with van der Waals surface area (Å²) in [4.78, 5) is 0. The molecule has 2 rings (SSSR count). The third-order valence-electron chi connectivity index (χ3n) is 2.91. The van der Waals surface area contributed by atoms with Gasteiger partial charge in [0.25, 0.3) is 0 Å². The first-order valence-corrected chi connectivity index (χ1v) is 6.17. The summed E-state index contributed by atoms with van der Waals surface area (Å²) in [6.07, 6.45) is 5.01. The summed E-state index contributed by atoms with van der Waals surface area (Å²) in [7, 11) is 1.73. The molecule has 0 aliphatic carbocycles. The van der Waals surface area contributed by atoms with Gasteiger partial charge in [0.05, 0.1) is 7.11 Å². The molecule has 0 bridgehead atoms. The Kier molecular flexibility index (Phi) is 4.19. The van der Waals surface area contributed by atoms with E-state index in [-0.39, 0.29) is 0 Å². The van der Waals surface area contributed by atoms with Crippen LogP contribution in [0.2, 0.25) is 0 Å². The molecule has 0 radical (unpaired) electrons. The van der Waals surface area contributed by atoms with E-state index >= 15 is 0 Å². The van der Waals surface area contributed by atoms with Crippen molar-refractivity contribution in [1.82, 2.24) is 0 Å². The maximum Gasteiger partial charge on any atom is 0.129 e. The molecule has 0 heterocycles. The highest BCUT2D eigenvalue weighted by molar-refractivity contribution is 5.60. The quantitative estimate of drug-likeness (QED) is 0.770. The Morgan fingerprint density at radius 1 is 1.00 bits per heavy atom. The summed E-state index contributed by atoms with van der Waals surface area (Å²) in [5.74, 6) is 0.972. The number of ether oxygens (including phenoxy) is 1. The average molecular weight is 238 g/mol. The number of allylic oxidation sites excluding steroid dienone is 1. The van der Waals surface area contributed by atoms with E-state index in [1.54, 1.807) is 7.11 Å². The van der Waals surface area contributed by atoms with Gasteiger partial charge in [-0.15, -0.1) is 0 Å². The smallest absolute Gasteiger partial charge is 0.129 e. The minimum absolute atomic E-state index is 0.898. The van der Waals surface area contributed by atoms with Crippen LogP contribution < -0.4 is 4.74 Å². The van der Waals surface area contributed by atoms with E-state index in [0.717, 1.165) is 17.7 Å².